The van der Waals surface area contributed by atoms with E-state index >= 15 is 0 Å². The first-order valence-corrected chi connectivity index (χ1v) is 5.73. The Hall–Kier alpha value is -0.820. The molecule has 0 radical (unpaired) electrons. The van der Waals surface area contributed by atoms with Crippen LogP contribution in [0.5, 0.6) is 0 Å². The fourth-order valence-corrected chi connectivity index (χ4v) is 1.29. The van der Waals surface area contributed by atoms with Crippen molar-refractivity contribution in [2.24, 2.45) is 5.92 Å². The van der Waals surface area contributed by atoms with E-state index in [0.717, 1.165) is 12.1 Å². The predicted molar refractivity (Wildman–Crippen MR) is 70.0 cm³/mol. The molecule has 0 N–H and O–H groups in total. The van der Waals surface area contributed by atoms with Crippen molar-refractivity contribution in [2.45, 2.75) is 26.7 Å². The van der Waals surface area contributed by atoms with Gasteiger partial charge in [-0.3, -0.25) is 0 Å². The van der Waals surface area contributed by atoms with E-state index in [0.29, 0.717) is 5.92 Å². The molecule has 15 heavy (non-hydrogen) atoms. The highest BCUT2D eigenvalue weighted by atomic mass is 15.0. The summed E-state index contributed by atoms with van der Waals surface area (Å²) in [4.78, 5) is 2.13. The molecule has 0 aromatic rings. The Labute approximate surface area is 95.2 Å². The van der Waals surface area contributed by atoms with Crippen molar-refractivity contribution < 1.29 is 0 Å². The molecule has 0 aliphatic carbocycles. The van der Waals surface area contributed by atoms with Gasteiger partial charge < -0.3 is 4.90 Å². The number of unbranched alkanes of at least 4 members (excludes halogenated alkanes) is 1. The minimum atomic E-state index is 0.510. The highest BCUT2D eigenvalue weighted by Crippen LogP contribution is 2.04. The summed E-state index contributed by atoms with van der Waals surface area (Å²) in [5.41, 5.74) is 1.16. The van der Waals surface area contributed by atoms with Crippen molar-refractivity contribution in [1.29, 1.82) is 0 Å². The van der Waals surface area contributed by atoms with E-state index in [1.807, 2.05) is 0 Å². The minimum Gasteiger partial charge on any atom is -0.305 e. The second-order valence-electron chi connectivity index (χ2n) is 4.33. The van der Waals surface area contributed by atoms with Crippen molar-refractivity contribution in [3.05, 3.63) is 36.5 Å². The molecule has 0 aliphatic heterocycles. The lowest BCUT2D eigenvalue weighted by molar-refractivity contribution is 0.449. The van der Waals surface area contributed by atoms with E-state index in [-0.39, 0.29) is 0 Å². The van der Waals surface area contributed by atoms with Gasteiger partial charge in [0.1, 0.15) is 0 Å². The quantitative estimate of drug-likeness (QED) is 0.455. The molecule has 0 amide bonds. The molecule has 0 saturated heterocycles. The summed E-state index contributed by atoms with van der Waals surface area (Å²) in [6.07, 6.45) is 11.2. The molecule has 0 rings (SSSR count). The summed E-state index contributed by atoms with van der Waals surface area (Å²) in [6, 6.07) is 0. The van der Waals surface area contributed by atoms with Gasteiger partial charge in [0, 0.05) is 6.54 Å². The Balaban J connectivity index is 3.89. The SMILES string of the molecule is C=C(/C=C\C(C)/C=C\CCC)CN(C)C. The van der Waals surface area contributed by atoms with Gasteiger partial charge in [-0.25, -0.2) is 0 Å². The second-order valence-corrected chi connectivity index (χ2v) is 4.33. The standard InChI is InChI=1S/C14H25N/c1-6-7-8-9-13(2)10-11-14(3)12-15(4)5/h8-11,13H,3,6-7,12H2,1-2,4-5H3/b9-8-,11-10-. The van der Waals surface area contributed by atoms with Crippen molar-refractivity contribution in [2.75, 3.05) is 20.6 Å². The number of nitrogens with zero attached hydrogens (tertiary/aromatic N) is 1. The number of hydrogen-bond donors (Lipinski definition) is 0. The Morgan fingerprint density at radius 2 is 2.00 bits per heavy atom. The zero-order valence-electron chi connectivity index (χ0n) is 10.7. The van der Waals surface area contributed by atoms with E-state index in [1.54, 1.807) is 0 Å². The van der Waals surface area contributed by atoms with Gasteiger partial charge in [0.25, 0.3) is 0 Å². The molecule has 0 aromatic heterocycles. The van der Waals surface area contributed by atoms with Crippen molar-refractivity contribution in [3.63, 3.8) is 0 Å². The van der Waals surface area contributed by atoms with Gasteiger partial charge in [-0.05, 0) is 32.0 Å². The monoisotopic (exact) mass is 207 g/mol. The van der Waals surface area contributed by atoms with Gasteiger partial charge in [0.2, 0.25) is 0 Å². The summed E-state index contributed by atoms with van der Waals surface area (Å²) in [5, 5.41) is 0. The lowest BCUT2D eigenvalue weighted by Crippen LogP contribution is -2.13. The lowest BCUT2D eigenvalue weighted by atomic mass is 10.1. The van der Waals surface area contributed by atoms with Crippen molar-refractivity contribution in [3.8, 4) is 0 Å². The third kappa shape index (κ3) is 9.48. The molecule has 0 bridgehead atoms. The van der Waals surface area contributed by atoms with Crippen LogP contribution in [0, 0.1) is 5.92 Å². The molecule has 0 spiro atoms. The topological polar surface area (TPSA) is 3.24 Å². The Morgan fingerprint density at radius 3 is 2.53 bits per heavy atom. The first-order valence-electron chi connectivity index (χ1n) is 5.73. The van der Waals surface area contributed by atoms with Crippen LogP contribution in [0.2, 0.25) is 0 Å². The predicted octanol–water partition coefficient (Wildman–Crippen LogP) is 3.65. The summed E-state index contributed by atoms with van der Waals surface area (Å²) >= 11 is 0. The third-order valence-electron chi connectivity index (χ3n) is 2.05. The molecule has 0 heterocycles. The van der Waals surface area contributed by atoms with E-state index < -0.39 is 0 Å². The molecule has 0 saturated carbocycles. The highest BCUT2D eigenvalue weighted by Gasteiger charge is 1.93. The largest absolute Gasteiger partial charge is 0.305 e. The molecule has 86 valence electrons. The van der Waals surface area contributed by atoms with Crippen LogP contribution in [-0.2, 0) is 0 Å². The number of rotatable bonds is 7. The minimum absolute atomic E-state index is 0.510. The molecule has 1 unspecified atom stereocenters. The Morgan fingerprint density at radius 1 is 1.33 bits per heavy atom. The van der Waals surface area contributed by atoms with Crippen LogP contribution >= 0.6 is 0 Å². The van der Waals surface area contributed by atoms with E-state index in [4.69, 9.17) is 0 Å². The summed E-state index contributed by atoms with van der Waals surface area (Å²) < 4.78 is 0. The Kier molecular flexibility index (Phi) is 8.02. The van der Waals surface area contributed by atoms with Crippen LogP contribution in [-0.4, -0.2) is 25.5 Å². The van der Waals surface area contributed by atoms with Gasteiger partial charge in [0.15, 0.2) is 0 Å². The maximum absolute atomic E-state index is 4.01. The van der Waals surface area contributed by atoms with Gasteiger partial charge in [-0.1, -0.05) is 51.2 Å². The smallest absolute Gasteiger partial charge is 0.0221 e. The van der Waals surface area contributed by atoms with Crippen LogP contribution in [0.15, 0.2) is 36.5 Å². The van der Waals surface area contributed by atoms with E-state index in [2.05, 4.69) is 63.7 Å². The van der Waals surface area contributed by atoms with Gasteiger partial charge in [-0.2, -0.15) is 0 Å². The summed E-state index contributed by atoms with van der Waals surface area (Å²) in [7, 11) is 4.12. The molecule has 1 nitrogen and oxygen atoms in total. The van der Waals surface area contributed by atoms with Crippen LogP contribution < -0.4 is 0 Å². The average Bonchev–Trinajstić information content (AvgIpc) is 2.14. The lowest BCUT2D eigenvalue weighted by Gasteiger charge is -2.09. The van der Waals surface area contributed by atoms with Crippen molar-refractivity contribution in [1.82, 2.24) is 4.90 Å². The fourth-order valence-electron chi connectivity index (χ4n) is 1.29. The van der Waals surface area contributed by atoms with Crippen LogP contribution in [0.25, 0.3) is 0 Å². The second kappa shape index (κ2) is 8.49. The van der Waals surface area contributed by atoms with Gasteiger partial charge >= 0.3 is 0 Å². The highest BCUT2D eigenvalue weighted by molar-refractivity contribution is 5.18. The first-order chi connectivity index (χ1) is 7.06. The van der Waals surface area contributed by atoms with Crippen LogP contribution in [0.3, 0.4) is 0 Å². The summed E-state index contributed by atoms with van der Waals surface area (Å²) in [5.74, 6) is 0.510. The molecule has 1 atom stereocenters. The fraction of sp³-hybridized carbons (Fsp3) is 0.571. The van der Waals surface area contributed by atoms with E-state index in [1.165, 1.54) is 12.8 Å². The molecule has 0 aliphatic rings. The number of hydrogen-bond acceptors (Lipinski definition) is 1. The number of allylic oxidation sites excluding steroid dienone is 3. The molecule has 0 aromatic carbocycles. The maximum atomic E-state index is 4.01. The first kappa shape index (κ1) is 14.2. The number of likely N-dealkylation sites (N-methyl/N-ethyl adjacent to an activating group) is 1. The van der Waals surface area contributed by atoms with Gasteiger partial charge in [0.05, 0.1) is 0 Å². The summed E-state index contributed by atoms with van der Waals surface area (Å²) in [6.45, 7) is 9.34. The average molecular weight is 207 g/mol. The van der Waals surface area contributed by atoms with Gasteiger partial charge in [-0.15, -0.1) is 0 Å². The molecular formula is C14H25N. The normalized spacial score (nSPS) is 14.2. The maximum Gasteiger partial charge on any atom is 0.0221 e. The molecule has 1 heteroatoms. The van der Waals surface area contributed by atoms with E-state index in [9.17, 15) is 0 Å². The zero-order valence-corrected chi connectivity index (χ0v) is 10.7. The zero-order chi connectivity index (χ0) is 11.7. The third-order valence-corrected chi connectivity index (χ3v) is 2.05. The Bertz CT molecular complexity index is 223. The van der Waals surface area contributed by atoms with Crippen molar-refractivity contribution >= 4 is 0 Å². The van der Waals surface area contributed by atoms with Crippen LogP contribution in [0.4, 0.5) is 0 Å². The molecule has 0 fully saturated rings. The molecular weight excluding hydrogens is 182 g/mol. The van der Waals surface area contributed by atoms with Crippen LogP contribution in [0.1, 0.15) is 26.7 Å².